The number of hydrazone groups is 1. The zero-order valence-electron chi connectivity index (χ0n) is 22.0. The first-order valence-electron chi connectivity index (χ1n) is 13.7. The number of nitrogens with zero attached hydrogens (tertiary/aromatic N) is 2. The molecule has 3 saturated carbocycles. The smallest absolute Gasteiger partial charge is 0.240 e. The van der Waals surface area contributed by atoms with Crippen LogP contribution in [0.1, 0.15) is 77.3 Å². The standard InChI is InChI=1S/C31H38N2O3/c1-19(34)33-29(20-5-8-23(36-4)9-6-20)18-28(32-33)27-12-11-25-24-10-7-21-17-22(35)13-15-30(21,2)26(24)14-16-31(25,27)3/h5-6,8-9,13,15,17,24-27,29H,7,10-12,14,16,18H2,1-4H3/t24-,25-,26-,27+,29?,30-,31-/m0/s1. The number of hydrogen-bond donors (Lipinski definition) is 0. The molecule has 5 aliphatic rings. The number of ether oxygens (including phenoxy) is 1. The molecule has 5 heteroatoms. The van der Waals surface area contributed by atoms with Gasteiger partial charge in [-0.1, -0.05) is 37.6 Å². The Morgan fingerprint density at radius 2 is 1.86 bits per heavy atom. The molecule has 0 radical (unpaired) electrons. The average Bonchev–Trinajstić information content (AvgIpc) is 3.46. The van der Waals surface area contributed by atoms with E-state index < -0.39 is 0 Å². The van der Waals surface area contributed by atoms with Gasteiger partial charge < -0.3 is 4.74 Å². The lowest BCUT2D eigenvalue weighted by Crippen LogP contribution is -2.50. The van der Waals surface area contributed by atoms with Crippen molar-refractivity contribution >= 4 is 17.4 Å². The van der Waals surface area contributed by atoms with Gasteiger partial charge in [-0.2, -0.15) is 5.10 Å². The molecule has 1 aliphatic heterocycles. The van der Waals surface area contributed by atoms with E-state index in [1.165, 1.54) is 37.0 Å². The van der Waals surface area contributed by atoms with Crippen molar-refractivity contribution in [2.24, 2.45) is 39.6 Å². The number of methoxy groups -OCH3 is 1. The maximum absolute atomic E-state index is 12.6. The van der Waals surface area contributed by atoms with Gasteiger partial charge in [-0.15, -0.1) is 0 Å². The number of fused-ring (bicyclic) bond motifs is 5. The molecule has 1 amide bonds. The third kappa shape index (κ3) is 3.45. The van der Waals surface area contributed by atoms with E-state index in [0.29, 0.717) is 23.7 Å². The molecule has 0 saturated heterocycles. The molecular weight excluding hydrogens is 448 g/mol. The van der Waals surface area contributed by atoms with Crippen molar-refractivity contribution in [1.29, 1.82) is 0 Å². The first-order valence-corrected chi connectivity index (χ1v) is 13.7. The van der Waals surface area contributed by atoms with Crippen LogP contribution in [0.4, 0.5) is 0 Å². The Morgan fingerprint density at radius 3 is 2.58 bits per heavy atom. The van der Waals surface area contributed by atoms with Gasteiger partial charge in [-0.25, -0.2) is 5.01 Å². The van der Waals surface area contributed by atoms with Crippen LogP contribution in [0.25, 0.3) is 0 Å². The molecule has 1 unspecified atom stereocenters. The number of carbonyl (C=O) groups is 2. The van der Waals surface area contributed by atoms with Crippen LogP contribution in [-0.4, -0.2) is 29.5 Å². The van der Waals surface area contributed by atoms with Gasteiger partial charge in [0.2, 0.25) is 5.91 Å². The fourth-order valence-corrected chi connectivity index (χ4v) is 8.87. The maximum Gasteiger partial charge on any atom is 0.240 e. The van der Waals surface area contributed by atoms with Gasteiger partial charge in [0.25, 0.3) is 0 Å². The molecule has 4 aliphatic carbocycles. The van der Waals surface area contributed by atoms with Crippen molar-refractivity contribution in [1.82, 2.24) is 5.01 Å². The minimum absolute atomic E-state index is 0.00683. The topological polar surface area (TPSA) is 59.0 Å². The van der Waals surface area contributed by atoms with E-state index >= 15 is 0 Å². The lowest BCUT2D eigenvalue weighted by Gasteiger charge is -2.57. The molecule has 1 heterocycles. The number of ketones is 1. The number of rotatable bonds is 3. The SMILES string of the molecule is COc1ccc(C2CC([C@H]3CC[C@H]4[C@@H]5CCC6=CC(=O)C=C[C@]6(C)[C@H]5CC[C@]34C)=NN2C(C)=O)cc1. The summed E-state index contributed by atoms with van der Waals surface area (Å²) < 4.78 is 5.34. The van der Waals surface area contributed by atoms with Crippen molar-refractivity contribution in [2.45, 2.75) is 71.8 Å². The van der Waals surface area contributed by atoms with Crippen molar-refractivity contribution in [2.75, 3.05) is 7.11 Å². The minimum atomic E-state index is -0.0337. The first kappa shape index (κ1) is 23.7. The second-order valence-corrected chi connectivity index (χ2v) is 12.2. The Kier molecular flexibility index (Phi) is 5.55. The fraction of sp³-hybridized carbons (Fsp3) is 0.581. The highest BCUT2D eigenvalue weighted by Gasteiger charge is 2.59. The third-order valence-electron chi connectivity index (χ3n) is 10.7. The quantitative estimate of drug-likeness (QED) is 0.506. The zero-order valence-corrected chi connectivity index (χ0v) is 22.0. The van der Waals surface area contributed by atoms with E-state index in [4.69, 9.17) is 9.84 Å². The molecule has 7 atom stereocenters. The van der Waals surface area contributed by atoms with Crippen LogP contribution in [0.3, 0.4) is 0 Å². The highest BCUT2D eigenvalue weighted by molar-refractivity contribution is 6.01. The normalized spacial score (nSPS) is 39.2. The number of allylic oxidation sites excluding steroid dienone is 4. The fourth-order valence-electron chi connectivity index (χ4n) is 8.87. The number of amides is 1. The molecule has 0 N–H and O–H groups in total. The summed E-state index contributed by atoms with van der Waals surface area (Å²) >= 11 is 0. The number of carbonyl (C=O) groups excluding carboxylic acids is 2. The molecule has 0 spiro atoms. The predicted molar refractivity (Wildman–Crippen MR) is 140 cm³/mol. The molecule has 3 fully saturated rings. The zero-order chi connectivity index (χ0) is 25.2. The van der Waals surface area contributed by atoms with Crippen LogP contribution in [-0.2, 0) is 9.59 Å². The monoisotopic (exact) mass is 486 g/mol. The summed E-state index contributed by atoms with van der Waals surface area (Å²) in [5.74, 6) is 3.41. The maximum atomic E-state index is 12.6. The van der Waals surface area contributed by atoms with E-state index in [1.807, 2.05) is 18.2 Å². The molecule has 0 bridgehead atoms. The molecule has 6 rings (SSSR count). The van der Waals surface area contributed by atoms with E-state index in [-0.39, 0.29) is 28.6 Å². The largest absolute Gasteiger partial charge is 0.497 e. The van der Waals surface area contributed by atoms with Crippen LogP contribution in [0.5, 0.6) is 5.75 Å². The lowest BCUT2D eigenvalue weighted by atomic mass is 9.47. The highest BCUT2D eigenvalue weighted by Crippen LogP contribution is 2.66. The van der Waals surface area contributed by atoms with Crippen molar-refractivity contribution in [3.05, 3.63) is 53.6 Å². The summed E-state index contributed by atoms with van der Waals surface area (Å²) in [4.78, 5) is 24.7. The molecule has 0 aromatic heterocycles. The second kappa shape index (κ2) is 8.43. The van der Waals surface area contributed by atoms with E-state index in [1.54, 1.807) is 25.1 Å². The summed E-state index contributed by atoms with van der Waals surface area (Å²) in [7, 11) is 1.67. The van der Waals surface area contributed by atoms with E-state index in [9.17, 15) is 9.59 Å². The Balaban J connectivity index is 1.26. The average molecular weight is 487 g/mol. The van der Waals surface area contributed by atoms with Crippen LogP contribution in [0.15, 0.2) is 53.2 Å². The van der Waals surface area contributed by atoms with Gasteiger partial charge in [0.1, 0.15) is 5.75 Å². The van der Waals surface area contributed by atoms with Crippen LogP contribution in [0, 0.1) is 34.5 Å². The van der Waals surface area contributed by atoms with Gasteiger partial charge in [0.15, 0.2) is 5.78 Å². The molecule has 36 heavy (non-hydrogen) atoms. The van der Waals surface area contributed by atoms with E-state index in [0.717, 1.165) is 30.6 Å². The van der Waals surface area contributed by atoms with E-state index in [2.05, 4.69) is 32.1 Å². The molecule has 1 aromatic carbocycles. The second-order valence-electron chi connectivity index (χ2n) is 12.2. The molecule has 1 aromatic rings. The summed E-state index contributed by atoms with van der Waals surface area (Å²) in [6, 6.07) is 8.05. The summed E-state index contributed by atoms with van der Waals surface area (Å²) in [6.07, 6.45) is 13.8. The van der Waals surface area contributed by atoms with Crippen molar-refractivity contribution in [3.8, 4) is 5.75 Å². The van der Waals surface area contributed by atoms with Gasteiger partial charge in [0.05, 0.1) is 13.2 Å². The first-order chi connectivity index (χ1) is 17.2. The molecule has 190 valence electrons. The van der Waals surface area contributed by atoms with Crippen molar-refractivity contribution in [3.63, 3.8) is 0 Å². The number of benzene rings is 1. The van der Waals surface area contributed by atoms with Gasteiger partial charge in [-0.3, -0.25) is 9.59 Å². The summed E-state index contributed by atoms with van der Waals surface area (Å²) in [5.41, 5.74) is 3.95. The number of hydrogen-bond acceptors (Lipinski definition) is 4. The molecular formula is C31H38N2O3. The summed E-state index contributed by atoms with van der Waals surface area (Å²) in [6.45, 7) is 6.52. The molecule has 5 nitrogen and oxygen atoms in total. The van der Waals surface area contributed by atoms with Gasteiger partial charge in [-0.05, 0) is 91.5 Å². The predicted octanol–water partition coefficient (Wildman–Crippen LogP) is 6.27. The Bertz CT molecular complexity index is 1180. The third-order valence-corrected chi connectivity index (χ3v) is 10.7. The highest BCUT2D eigenvalue weighted by atomic mass is 16.5. The lowest BCUT2D eigenvalue weighted by molar-refractivity contribution is -0.130. The van der Waals surface area contributed by atoms with Gasteiger partial charge in [0, 0.05) is 30.4 Å². The van der Waals surface area contributed by atoms with Crippen molar-refractivity contribution < 1.29 is 14.3 Å². The van der Waals surface area contributed by atoms with Crippen LogP contribution in [0.2, 0.25) is 0 Å². The van der Waals surface area contributed by atoms with Crippen LogP contribution >= 0.6 is 0 Å². The Labute approximate surface area is 214 Å². The minimum Gasteiger partial charge on any atom is -0.497 e. The van der Waals surface area contributed by atoms with Crippen LogP contribution < -0.4 is 4.74 Å². The van der Waals surface area contributed by atoms with Gasteiger partial charge >= 0.3 is 0 Å². The Morgan fingerprint density at radius 1 is 1.08 bits per heavy atom. The Hall–Kier alpha value is -2.69. The summed E-state index contributed by atoms with van der Waals surface area (Å²) in [5, 5.41) is 6.73.